The molecule has 10 heteroatoms. The van der Waals surface area contributed by atoms with Crippen LogP contribution >= 0.6 is 11.8 Å². The Balaban J connectivity index is 1.51. The van der Waals surface area contributed by atoms with Crippen LogP contribution in [0.1, 0.15) is 27.0 Å². The van der Waals surface area contributed by atoms with E-state index in [1.54, 1.807) is 18.2 Å². The van der Waals surface area contributed by atoms with E-state index in [0.717, 1.165) is 29.0 Å². The third kappa shape index (κ3) is 5.44. The number of thioether (sulfide) groups is 1. The van der Waals surface area contributed by atoms with E-state index in [0.29, 0.717) is 5.56 Å². The summed E-state index contributed by atoms with van der Waals surface area (Å²) in [7, 11) is 1.39. The maximum atomic E-state index is 12.9. The Morgan fingerprint density at radius 2 is 1.81 bits per heavy atom. The molecule has 9 nitrogen and oxygen atoms in total. The van der Waals surface area contributed by atoms with Crippen LogP contribution in [0.3, 0.4) is 0 Å². The maximum Gasteiger partial charge on any atom is 0.343 e. The van der Waals surface area contributed by atoms with Crippen LogP contribution in [0.4, 0.5) is 10.5 Å². The van der Waals surface area contributed by atoms with E-state index in [-0.39, 0.29) is 39.4 Å². The first-order valence-corrected chi connectivity index (χ1v) is 11.5. The smallest absolute Gasteiger partial charge is 0.343 e. The van der Waals surface area contributed by atoms with E-state index in [1.807, 2.05) is 31.2 Å². The molecular weight excluding hydrogens is 484 g/mol. The standard InChI is InChI=1S/C26H20N2O7S/c1-16-6-8-17(9-7-16)15-27-24(29)23(36-26(27)31)13-18-10-11-21(22(12-18)34-2)35-25(30)19-4-3-5-20(14-19)28(32)33/h3-14H,15H2,1-2H3/b23-13-. The first kappa shape index (κ1) is 24.7. The van der Waals surface area contributed by atoms with Gasteiger partial charge in [-0.25, -0.2) is 4.79 Å². The SMILES string of the molecule is COc1cc(/C=C2\SC(=O)N(Cc3ccc(C)cc3)C2=O)ccc1OC(=O)c1cccc([N+](=O)[O-])c1. The van der Waals surface area contributed by atoms with Gasteiger partial charge in [-0.2, -0.15) is 0 Å². The number of esters is 1. The number of methoxy groups -OCH3 is 1. The number of imide groups is 1. The molecule has 1 saturated heterocycles. The van der Waals surface area contributed by atoms with Crippen LogP contribution in [0.5, 0.6) is 11.5 Å². The molecule has 0 radical (unpaired) electrons. The van der Waals surface area contributed by atoms with Crippen LogP contribution in [-0.4, -0.2) is 34.0 Å². The predicted molar refractivity (Wildman–Crippen MR) is 134 cm³/mol. The van der Waals surface area contributed by atoms with E-state index in [1.165, 1.54) is 36.3 Å². The fraction of sp³-hybridized carbons (Fsp3) is 0.115. The molecule has 1 heterocycles. The Labute approximate surface area is 210 Å². The van der Waals surface area contributed by atoms with E-state index in [9.17, 15) is 24.5 Å². The van der Waals surface area contributed by atoms with Gasteiger partial charge in [-0.05, 0) is 54.1 Å². The number of non-ortho nitro benzene ring substituents is 1. The van der Waals surface area contributed by atoms with Gasteiger partial charge in [0.25, 0.3) is 16.8 Å². The summed E-state index contributed by atoms with van der Waals surface area (Å²) in [6.07, 6.45) is 1.56. The number of nitro benzene ring substituents is 1. The van der Waals surface area contributed by atoms with E-state index in [2.05, 4.69) is 0 Å². The zero-order valence-electron chi connectivity index (χ0n) is 19.3. The maximum absolute atomic E-state index is 12.9. The number of rotatable bonds is 7. The third-order valence-electron chi connectivity index (χ3n) is 5.32. The van der Waals surface area contributed by atoms with Crippen molar-refractivity contribution in [1.82, 2.24) is 4.90 Å². The van der Waals surface area contributed by atoms with Crippen LogP contribution in [-0.2, 0) is 11.3 Å². The molecule has 4 rings (SSSR count). The second-order valence-corrected chi connectivity index (χ2v) is 8.85. The molecule has 0 unspecified atom stereocenters. The monoisotopic (exact) mass is 504 g/mol. The molecule has 0 aliphatic carbocycles. The molecule has 3 aromatic carbocycles. The minimum Gasteiger partial charge on any atom is -0.493 e. The van der Waals surface area contributed by atoms with Gasteiger partial charge < -0.3 is 9.47 Å². The average Bonchev–Trinajstić information content (AvgIpc) is 3.13. The summed E-state index contributed by atoms with van der Waals surface area (Å²) < 4.78 is 10.7. The largest absolute Gasteiger partial charge is 0.493 e. The molecular formula is C26H20N2O7S. The fourth-order valence-electron chi connectivity index (χ4n) is 3.43. The zero-order chi connectivity index (χ0) is 25.8. The Bertz CT molecular complexity index is 1400. The topological polar surface area (TPSA) is 116 Å². The number of aryl methyl sites for hydroxylation is 1. The van der Waals surface area contributed by atoms with E-state index in [4.69, 9.17) is 9.47 Å². The van der Waals surface area contributed by atoms with Crippen LogP contribution in [0, 0.1) is 17.0 Å². The summed E-state index contributed by atoms with van der Waals surface area (Å²) in [6, 6.07) is 17.4. The lowest BCUT2D eigenvalue weighted by Gasteiger charge is -2.12. The van der Waals surface area contributed by atoms with Crippen LogP contribution in [0.15, 0.2) is 71.6 Å². The Morgan fingerprint density at radius 3 is 2.50 bits per heavy atom. The molecule has 0 bridgehead atoms. The van der Waals surface area contributed by atoms with Gasteiger partial charge in [-0.1, -0.05) is 42.0 Å². The third-order valence-corrected chi connectivity index (χ3v) is 6.22. The Hall–Kier alpha value is -4.44. The molecule has 1 fully saturated rings. The number of nitro groups is 1. The van der Waals surface area contributed by atoms with Gasteiger partial charge in [0.1, 0.15) is 0 Å². The van der Waals surface area contributed by atoms with Gasteiger partial charge in [0.15, 0.2) is 11.5 Å². The van der Waals surface area contributed by atoms with Crippen LogP contribution < -0.4 is 9.47 Å². The van der Waals surface area contributed by atoms with Gasteiger partial charge in [0, 0.05) is 12.1 Å². The fourth-order valence-corrected chi connectivity index (χ4v) is 4.27. The normalized spacial score (nSPS) is 14.3. The van der Waals surface area contributed by atoms with Crippen molar-refractivity contribution in [3.8, 4) is 11.5 Å². The van der Waals surface area contributed by atoms with Crippen molar-refractivity contribution in [1.29, 1.82) is 0 Å². The number of amides is 2. The molecule has 36 heavy (non-hydrogen) atoms. The van der Waals surface area contributed by atoms with E-state index < -0.39 is 16.8 Å². The first-order valence-electron chi connectivity index (χ1n) is 10.7. The molecule has 1 aliphatic heterocycles. The second kappa shape index (κ2) is 10.4. The summed E-state index contributed by atoms with van der Waals surface area (Å²) in [5.74, 6) is -0.882. The summed E-state index contributed by atoms with van der Waals surface area (Å²) in [4.78, 5) is 49.6. The van der Waals surface area contributed by atoms with Gasteiger partial charge in [-0.15, -0.1) is 0 Å². The molecule has 0 saturated carbocycles. The van der Waals surface area contributed by atoms with Crippen molar-refractivity contribution in [3.05, 3.63) is 104 Å². The zero-order valence-corrected chi connectivity index (χ0v) is 20.1. The van der Waals surface area contributed by atoms with E-state index >= 15 is 0 Å². The number of carbonyl (C=O) groups is 3. The number of nitrogens with zero attached hydrogens (tertiary/aromatic N) is 2. The summed E-state index contributed by atoms with van der Waals surface area (Å²) in [5.41, 5.74) is 2.27. The lowest BCUT2D eigenvalue weighted by Crippen LogP contribution is -2.27. The predicted octanol–water partition coefficient (Wildman–Crippen LogP) is 5.37. The minimum atomic E-state index is -0.790. The quantitative estimate of drug-likeness (QED) is 0.139. The highest BCUT2D eigenvalue weighted by atomic mass is 32.2. The van der Waals surface area contributed by atoms with Crippen LogP contribution in [0.2, 0.25) is 0 Å². The van der Waals surface area contributed by atoms with Crippen molar-refractivity contribution in [3.63, 3.8) is 0 Å². The number of carbonyl (C=O) groups excluding carboxylic acids is 3. The minimum absolute atomic E-state index is 0.0116. The molecule has 0 N–H and O–H groups in total. The van der Waals surface area contributed by atoms with Crippen LogP contribution in [0.25, 0.3) is 6.08 Å². The van der Waals surface area contributed by atoms with Gasteiger partial charge in [0.05, 0.1) is 29.0 Å². The highest BCUT2D eigenvalue weighted by Gasteiger charge is 2.35. The van der Waals surface area contributed by atoms with Crippen molar-refractivity contribution in [2.45, 2.75) is 13.5 Å². The number of hydrogen-bond acceptors (Lipinski definition) is 8. The summed E-state index contributed by atoms with van der Waals surface area (Å²) in [6.45, 7) is 2.14. The van der Waals surface area contributed by atoms with Crippen molar-refractivity contribution in [2.75, 3.05) is 7.11 Å². The summed E-state index contributed by atoms with van der Waals surface area (Å²) >= 11 is 0.846. The number of ether oxygens (including phenoxy) is 2. The highest BCUT2D eigenvalue weighted by Crippen LogP contribution is 2.35. The lowest BCUT2D eigenvalue weighted by molar-refractivity contribution is -0.384. The number of hydrogen-bond donors (Lipinski definition) is 0. The molecule has 2 amide bonds. The lowest BCUT2D eigenvalue weighted by atomic mass is 10.1. The average molecular weight is 505 g/mol. The number of benzene rings is 3. The molecule has 0 spiro atoms. The Morgan fingerprint density at radius 1 is 1.06 bits per heavy atom. The molecule has 182 valence electrons. The van der Waals surface area contributed by atoms with Gasteiger partial charge in [0.2, 0.25) is 0 Å². The van der Waals surface area contributed by atoms with Crippen molar-refractivity contribution in [2.24, 2.45) is 0 Å². The second-order valence-electron chi connectivity index (χ2n) is 7.86. The molecule has 3 aromatic rings. The van der Waals surface area contributed by atoms with Gasteiger partial charge in [-0.3, -0.25) is 24.6 Å². The highest BCUT2D eigenvalue weighted by molar-refractivity contribution is 8.18. The first-order chi connectivity index (χ1) is 17.2. The molecule has 0 aromatic heterocycles. The Kier molecular flexibility index (Phi) is 7.16. The van der Waals surface area contributed by atoms with Gasteiger partial charge >= 0.3 is 5.97 Å². The summed E-state index contributed by atoms with van der Waals surface area (Å²) in [5, 5.41) is 10.6. The molecule has 0 atom stereocenters. The van der Waals surface area contributed by atoms with Crippen molar-refractivity contribution < 1.29 is 28.8 Å². The molecule has 1 aliphatic rings. The van der Waals surface area contributed by atoms with Crippen molar-refractivity contribution >= 4 is 40.6 Å².